The minimum Gasteiger partial charge on any atom is -0.748 e. The molecule has 0 radical (unpaired) electrons. The minimum atomic E-state index is -5.00. The van der Waals surface area contributed by atoms with Crippen molar-refractivity contribution in [1.82, 2.24) is 0 Å². The summed E-state index contributed by atoms with van der Waals surface area (Å²) in [5.41, 5.74) is -1.38. The van der Waals surface area contributed by atoms with E-state index in [0.29, 0.717) is 6.42 Å². The lowest BCUT2D eigenvalue weighted by molar-refractivity contribution is -0.275. The zero-order valence-electron chi connectivity index (χ0n) is 15.3. The molecule has 1 aromatic carbocycles. The van der Waals surface area contributed by atoms with Gasteiger partial charge in [0.25, 0.3) is 0 Å². The molecule has 1 atom stereocenters. The molecule has 0 aliphatic rings. The Morgan fingerprint density at radius 2 is 1.86 bits per heavy atom. The maximum Gasteiger partial charge on any atom is 0.573 e. The Kier molecular flexibility index (Phi) is 7.72. The molecule has 1 aromatic rings. The number of carbonyl (C=O) groups excluding carboxylic acids is 1. The van der Waals surface area contributed by atoms with Crippen molar-refractivity contribution in [3.05, 3.63) is 23.8 Å². The van der Waals surface area contributed by atoms with Gasteiger partial charge in [0.2, 0.25) is 0 Å². The summed E-state index contributed by atoms with van der Waals surface area (Å²) in [6.07, 6.45) is -4.68. The number of carbonyl (C=O) groups is 1. The predicted molar refractivity (Wildman–Crippen MR) is 90.7 cm³/mol. The Bertz CT molecular complexity index is 869. The molecule has 0 fully saturated rings. The second-order valence-corrected chi connectivity index (χ2v) is 7.19. The maximum absolute atomic E-state index is 12.6. The zero-order valence-corrected chi connectivity index (χ0v) is 16.1. The SMILES string of the molecule is CC#CC(C)(CC)Oc1cc(C(=O)OCCS(=O)(=O)[O-])ccc1OC(F)(F)F. The van der Waals surface area contributed by atoms with Crippen molar-refractivity contribution in [2.45, 2.75) is 39.2 Å². The summed E-state index contributed by atoms with van der Waals surface area (Å²) in [5.74, 6) is 2.25. The summed E-state index contributed by atoms with van der Waals surface area (Å²) in [6.45, 7) is 4.08. The van der Waals surface area contributed by atoms with Gasteiger partial charge in [0.15, 0.2) is 17.1 Å². The smallest absolute Gasteiger partial charge is 0.573 e. The molecule has 0 N–H and O–H groups in total. The average Bonchev–Trinajstić information content (AvgIpc) is 2.54. The van der Waals surface area contributed by atoms with Gasteiger partial charge in [-0.25, -0.2) is 13.2 Å². The van der Waals surface area contributed by atoms with Crippen LogP contribution < -0.4 is 9.47 Å². The van der Waals surface area contributed by atoms with Gasteiger partial charge in [0.05, 0.1) is 21.4 Å². The number of hydrogen-bond donors (Lipinski definition) is 0. The first kappa shape index (κ1) is 23.6. The highest BCUT2D eigenvalue weighted by Crippen LogP contribution is 2.36. The molecule has 11 heteroatoms. The molecule has 0 aliphatic heterocycles. The molecule has 0 aromatic heterocycles. The van der Waals surface area contributed by atoms with E-state index >= 15 is 0 Å². The van der Waals surface area contributed by atoms with Gasteiger partial charge >= 0.3 is 12.3 Å². The van der Waals surface area contributed by atoms with Crippen molar-refractivity contribution >= 4 is 16.1 Å². The number of esters is 1. The largest absolute Gasteiger partial charge is 0.748 e. The van der Waals surface area contributed by atoms with Crippen LogP contribution in [0, 0.1) is 11.8 Å². The van der Waals surface area contributed by atoms with Gasteiger partial charge in [-0.1, -0.05) is 12.8 Å². The molecule has 0 saturated heterocycles. The highest BCUT2D eigenvalue weighted by Gasteiger charge is 2.34. The topological polar surface area (TPSA) is 102 Å². The van der Waals surface area contributed by atoms with Crippen LogP contribution in [0.2, 0.25) is 0 Å². The van der Waals surface area contributed by atoms with Gasteiger partial charge in [0.1, 0.15) is 6.61 Å². The van der Waals surface area contributed by atoms with Crippen LogP contribution in [0.5, 0.6) is 11.5 Å². The van der Waals surface area contributed by atoms with Gasteiger partial charge in [-0.05, 0) is 38.5 Å². The molecule has 0 amide bonds. The standard InChI is InChI=1S/C17H19F3O7S/c1-4-8-16(3,5-2)26-14-11-12(6-7-13(14)27-17(18,19)20)15(21)25-9-10-28(22,23)24/h6-7,11H,5,9-10H2,1-3H3,(H,22,23,24)/p-1. The number of halogens is 3. The molecule has 7 nitrogen and oxygen atoms in total. The fraction of sp³-hybridized carbons (Fsp3) is 0.471. The van der Waals surface area contributed by atoms with Gasteiger partial charge in [-0.2, -0.15) is 0 Å². The molecular formula is C17H18F3O7S-. The van der Waals surface area contributed by atoms with E-state index in [-0.39, 0.29) is 5.56 Å². The van der Waals surface area contributed by atoms with Crippen LogP contribution in [-0.2, 0) is 14.9 Å². The molecular weight excluding hydrogens is 405 g/mol. The maximum atomic E-state index is 12.6. The lowest BCUT2D eigenvalue weighted by Gasteiger charge is -2.25. The summed E-state index contributed by atoms with van der Waals surface area (Å²) < 4.78 is 83.6. The summed E-state index contributed by atoms with van der Waals surface area (Å²) >= 11 is 0. The molecule has 0 spiro atoms. The fourth-order valence-corrected chi connectivity index (χ4v) is 2.22. The van der Waals surface area contributed by atoms with E-state index in [0.717, 1.165) is 18.2 Å². The van der Waals surface area contributed by atoms with Crippen LogP contribution in [0.25, 0.3) is 0 Å². The Hall–Kier alpha value is -2.45. The van der Waals surface area contributed by atoms with Crippen LogP contribution in [-0.4, -0.2) is 43.3 Å². The molecule has 0 bridgehead atoms. The number of benzene rings is 1. The Morgan fingerprint density at radius 3 is 2.36 bits per heavy atom. The fourth-order valence-electron chi connectivity index (χ4n) is 1.94. The number of ether oxygens (including phenoxy) is 3. The number of rotatable bonds is 8. The number of hydrogen-bond acceptors (Lipinski definition) is 7. The molecule has 0 heterocycles. The third-order valence-corrected chi connectivity index (χ3v) is 4.04. The van der Waals surface area contributed by atoms with Gasteiger partial charge in [-0.3, -0.25) is 0 Å². The van der Waals surface area contributed by atoms with Crippen LogP contribution in [0.1, 0.15) is 37.6 Å². The van der Waals surface area contributed by atoms with Crippen molar-refractivity contribution in [2.24, 2.45) is 0 Å². The lowest BCUT2D eigenvalue weighted by Crippen LogP contribution is -2.30. The van der Waals surface area contributed by atoms with Crippen LogP contribution in [0.4, 0.5) is 13.2 Å². The zero-order chi connectivity index (χ0) is 21.6. The van der Waals surface area contributed by atoms with Gasteiger partial charge in [-0.15, -0.1) is 19.1 Å². The highest BCUT2D eigenvalue weighted by molar-refractivity contribution is 7.85. The number of alkyl halides is 3. The van der Waals surface area contributed by atoms with E-state index in [1.165, 1.54) is 6.92 Å². The first-order valence-electron chi connectivity index (χ1n) is 7.92. The summed E-state index contributed by atoms with van der Waals surface area (Å²) in [7, 11) is -4.58. The van der Waals surface area contributed by atoms with E-state index in [1.807, 2.05) is 0 Å². The summed E-state index contributed by atoms with van der Waals surface area (Å²) in [6, 6.07) is 2.80. The normalized spacial score (nSPS) is 13.7. The average molecular weight is 423 g/mol. The third kappa shape index (κ3) is 8.06. The predicted octanol–water partition coefficient (Wildman–Crippen LogP) is 2.86. The first-order chi connectivity index (χ1) is 12.8. The van der Waals surface area contributed by atoms with E-state index < -0.39 is 51.9 Å². The van der Waals surface area contributed by atoms with Gasteiger partial charge < -0.3 is 18.8 Å². The summed E-state index contributed by atoms with van der Waals surface area (Å²) in [5, 5.41) is 0. The molecule has 0 aliphatic carbocycles. The van der Waals surface area contributed by atoms with Crippen LogP contribution in [0.3, 0.4) is 0 Å². The lowest BCUT2D eigenvalue weighted by atomic mass is 10.0. The molecule has 0 saturated carbocycles. The monoisotopic (exact) mass is 423 g/mol. The Balaban J connectivity index is 3.18. The Morgan fingerprint density at radius 1 is 1.21 bits per heavy atom. The highest BCUT2D eigenvalue weighted by atomic mass is 32.2. The van der Waals surface area contributed by atoms with E-state index in [9.17, 15) is 30.9 Å². The van der Waals surface area contributed by atoms with Crippen LogP contribution >= 0.6 is 0 Å². The second kappa shape index (κ2) is 9.16. The van der Waals surface area contributed by atoms with Crippen molar-refractivity contribution in [3.63, 3.8) is 0 Å². The van der Waals surface area contributed by atoms with Crippen molar-refractivity contribution < 1.29 is 45.1 Å². The minimum absolute atomic E-state index is 0.226. The summed E-state index contributed by atoms with van der Waals surface area (Å²) in [4.78, 5) is 12.0. The first-order valence-corrected chi connectivity index (χ1v) is 9.50. The van der Waals surface area contributed by atoms with Gasteiger partial charge in [0, 0.05) is 0 Å². The quantitative estimate of drug-likeness (QED) is 0.360. The second-order valence-electron chi connectivity index (χ2n) is 5.67. The van der Waals surface area contributed by atoms with Crippen molar-refractivity contribution in [1.29, 1.82) is 0 Å². The van der Waals surface area contributed by atoms with E-state index in [1.54, 1.807) is 13.8 Å². The molecule has 1 rings (SSSR count). The van der Waals surface area contributed by atoms with E-state index in [2.05, 4.69) is 21.3 Å². The Labute approximate surface area is 160 Å². The molecule has 156 valence electrons. The third-order valence-electron chi connectivity index (χ3n) is 3.37. The van der Waals surface area contributed by atoms with Crippen molar-refractivity contribution in [2.75, 3.05) is 12.4 Å². The van der Waals surface area contributed by atoms with Crippen LogP contribution in [0.15, 0.2) is 18.2 Å². The molecule has 1 unspecified atom stereocenters. The van der Waals surface area contributed by atoms with E-state index in [4.69, 9.17) is 4.74 Å². The molecule has 28 heavy (non-hydrogen) atoms. The van der Waals surface area contributed by atoms with Crippen molar-refractivity contribution in [3.8, 4) is 23.3 Å².